The second kappa shape index (κ2) is 15.1. The molecular formula is C32H52O12. The molecule has 0 aliphatic carbocycles. The van der Waals surface area contributed by atoms with E-state index in [1.165, 1.54) is 28.4 Å². The average molecular weight is 629 g/mol. The first-order valence-corrected chi connectivity index (χ1v) is 15.3. The van der Waals surface area contributed by atoms with E-state index in [9.17, 15) is 9.59 Å². The van der Waals surface area contributed by atoms with E-state index >= 15 is 0 Å². The van der Waals surface area contributed by atoms with Gasteiger partial charge in [-0.25, -0.2) is 9.59 Å². The van der Waals surface area contributed by atoms with Crippen molar-refractivity contribution in [3.05, 3.63) is 24.3 Å². The number of ether oxygens (including phenoxy) is 10. The van der Waals surface area contributed by atoms with Gasteiger partial charge in [-0.3, -0.25) is 0 Å². The fourth-order valence-electron chi connectivity index (χ4n) is 5.48. The highest BCUT2D eigenvalue weighted by Gasteiger charge is 2.59. The van der Waals surface area contributed by atoms with Crippen molar-refractivity contribution in [3.63, 3.8) is 0 Å². The predicted octanol–water partition coefficient (Wildman–Crippen LogP) is 4.33. The Morgan fingerprint density at radius 3 is 1.20 bits per heavy atom. The molecule has 12 heteroatoms. The van der Waals surface area contributed by atoms with Crippen LogP contribution >= 0.6 is 0 Å². The number of rotatable bonds is 4. The normalized spacial score (nSPS) is 44.8. The molecule has 0 radical (unpaired) electrons. The van der Waals surface area contributed by atoms with Crippen LogP contribution in [0.2, 0.25) is 0 Å². The maximum absolute atomic E-state index is 13.3. The molecule has 12 nitrogen and oxygen atoms in total. The van der Waals surface area contributed by atoms with Gasteiger partial charge in [-0.05, 0) is 67.2 Å². The summed E-state index contributed by atoms with van der Waals surface area (Å²) in [6.07, 6.45) is 6.46. The second-order valence-electron chi connectivity index (χ2n) is 12.1. The zero-order valence-corrected chi connectivity index (χ0v) is 27.9. The lowest BCUT2D eigenvalue weighted by atomic mass is 9.99. The lowest BCUT2D eigenvalue weighted by molar-refractivity contribution is -0.444. The third kappa shape index (κ3) is 7.90. The summed E-state index contributed by atoms with van der Waals surface area (Å²) < 4.78 is 59.2. The second-order valence-corrected chi connectivity index (χ2v) is 12.1. The van der Waals surface area contributed by atoms with E-state index in [1.54, 1.807) is 41.5 Å². The van der Waals surface area contributed by atoms with Gasteiger partial charge in [0.05, 0.1) is 12.2 Å². The molecule has 10 atom stereocenters. The number of carbonyl (C=O) groups is 2. The minimum atomic E-state index is -1.35. The van der Waals surface area contributed by atoms with Gasteiger partial charge in [0.15, 0.2) is 12.2 Å². The molecule has 3 aliphatic heterocycles. The van der Waals surface area contributed by atoms with Gasteiger partial charge >= 0.3 is 11.9 Å². The van der Waals surface area contributed by atoms with E-state index in [0.29, 0.717) is 38.5 Å². The van der Waals surface area contributed by atoms with E-state index in [2.05, 4.69) is 0 Å². The molecule has 3 rings (SSSR count). The third-order valence-electron chi connectivity index (χ3n) is 8.94. The fourth-order valence-corrected chi connectivity index (χ4v) is 5.48. The molecule has 0 aromatic rings. The first-order chi connectivity index (χ1) is 20.7. The third-order valence-corrected chi connectivity index (χ3v) is 8.94. The van der Waals surface area contributed by atoms with Gasteiger partial charge in [0.2, 0.25) is 23.1 Å². The fraction of sp³-hybridized carbons (Fsp3) is 0.812. The topological polar surface area (TPSA) is 126 Å². The number of allylic oxidation sites excluding steroid dienone is 2. The SMILES string of the molecule is CO[C@]1(C)O[C@H]2CC/C=C/CC[C@@H]3O[C@@](C)(OC)[C@](C)(OC)O[C@H]3C(=O)O[C@H](C)C/C=C/C[C@@H](C)OC(=O)[C@@H]2O[C@@]1(C)OC. The maximum atomic E-state index is 13.3. The minimum absolute atomic E-state index is 0.439. The number of cyclic esters (lactones) is 2. The Labute approximate surface area is 261 Å². The molecule has 0 bridgehead atoms. The molecule has 44 heavy (non-hydrogen) atoms. The van der Waals surface area contributed by atoms with Crippen molar-refractivity contribution in [2.45, 2.75) is 140 Å². The van der Waals surface area contributed by atoms with Crippen LogP contribution in [0.3, 0.4) is 0 Å². The zero-order chi connectivity index (χ0) is 32.8. The average Bonchev–Trinajstić information content (AvgIpc) is 2.99. The van der Waals surface area contributed by atoms with E-state index in [4.69, 9.17) is 47.4 Å². The van der Waals surface area contributed by atoms with Gasteiger partial charge in [-0.1, -0.05) is 24.3 Å². The number of hydrogen-bond donors (Lipinski definition) is 0. The molecule has 0 N–H and O–H groups in total. The Morgan fingerprint density at radius 1 is 0.568 bits per heavy atom. The number of fused-ring (bicyclic) bond motifs is 2. The monoisotopic (exact) mass is 628 g/mol. The summed E-state index contributed by atoms with van der Waals surface area (Å²) in [5.41, 5.74) is 0. The summed E-state index contributed by atoms with van der Waals surface area (Å²) in [5.74, 6) is -6.31. The molecule has 3 heterocycles. The number of methoxy groups -OCH3 is 4. The maximum Gasteiger partial charge on any atom is 0.338 e. The van der Waals surface area contributed by atoms with Crippen LogP contribution in [-0.2, 0) is 57.0 Å². The Bertz CT molecular complexity index is 955. The van der Waals surface area contributed by atoms with Gasteiger partial charge in [-0.2, -0.15) is 0 Å². The summed E-state index contributed by atoms with van der Waals surface area (Å²) in [6.45, 7) is 10.4. The molecule has 0 aromatic heterocycles. The molecule has 2 fully saturated rings. The van der Waals surface area contributed by atoms with Crippen LogP contribution in [0.25, 0.3) is 0 Å². The van der Waals surface area contributed by atoms with Gasteiger partial charge in [-0.15, -0.1) is 0 Å². The van der Waals surface area contributed by atoms with E-state index in [0.717, 1.165) is 0 Å². The van der Waals surface area contributed by atoms with Crippen molar-refractivity contribution in [3.8, 4) is 0 Å². The molecule has 252 valence electrons. The van der Waals surface area contributed by atoms with Crippen molar-refractivity contribution in [1.29, 1.82) is 0 Å². The molecule has 0 amide bonds. The highest BCUT2D eigenvalue weighted by atomic mass is 16.8. The molecule has 0 unspecified atom stereocenters. The lowest BCUT2D eigenvalue weighted by Gasteiger charge is -2.51. The Balaban J connectivity index is 1.85. The Hall–Kier alpha value is -1.90. The van der Waals surface area contributed by atoms with E-state index < -0.39 is 71.7 Å². The lowest BCUT2D eigenvalue weighted by Crippen LogP contribution is -2.66. The van der Waals surface area contributed by atoms with Crippen LogP contribution in [0.1, 0.15) is 80.1 Å². The van der Waals surface area contributed by atoms with E-state index in [1.807, 2.05) is 24.3 Å². The number of esters is 2. The van der Waals surface area contributed by atoms with Crippen molar-refractivity contribution >= 4 is 11.9 Å². The Morgan fingerprint density at radius 2 is 0.886 bits per heavy atom. The van der Waals surface area contributed by atoms with Crippen LogP contribution < -0.4 is 0 Å². The summed E-state index contributed by atoms with van der Waals surface area (Å²) in [5, 5.41) is 0. The van der Waals surface area contributed by atoms with Gasteiger partial charge in [0, 0.05) is 41.3 Å². The largest absolute Gasteiger partial charge is 0.460 e. The van der Waals surface area contributed by atoms with Gasteiger partial charge < -0.3 is 47.4 Å². The van der Waals surface area contributed by atoms with Crippen molar-refractivity contribution in [1.82, 2.24) is 0 Å². The predicted molar refractivity (Wildman–Crippen MR) is 158 cm³/mol. The minimum Gasteiger partial charge on any atom is -0.460 e. The van der Waals surface area contributed by atoms with E-state index in [-0.39, 0.29) is 0 Å². The van der Waals surface area contributed by atoms with Crippen molar-refractivity contribution in [2.24, 2.45) is 0 Å². The van der Waals surface area contributed by atoms with Crippen LogP contribution in [0.5, 0.6) is 0 Å². The highest BCUT2D eigenvalue weighted by molar-refractivity contribution is 5.76. The molecular weight excluding hydrogens is 576 g/mol. The molecule has 2 saturated heterocycles. The van der Waals surface area contributed by atoms with Crippen molar-refractivity contribution < 1.29 is 57.0 Å². The van der Waals surface area contributed by atoms with Crippen molar-refractivity contribution in [2.75, 3.05) is 28.4 Å². The summed E-state index contributed by atoms with van der Waals surface area (Å²) in [6, 6.07) is 0. The summed E-state index contributed by atoms with van der Waals surface area (Å²) in [4.78, 5) is 26.7. The smallest absolute Gasteiger partial charge is 0.338 e. The quantitative estimate of drug-likeness (QED) is 0.325. The zero-order valence-electron chi connectivity index (χ0n) is 27.9. The first kappa shape index (κ1) is 36.6. The van der Waals surface area contributed by atoms with Crippen LogP contribution in [0, 0.1) is 0 Å². The first-order valence-electron chi connectivity index (χ1n) is 15.3. The molecule has 3 aliphatic rings. The number of hydrogen-bond acceptors (Lipinski definition) is 12. The van der Waals surface area contributed by atoms with Crippen LogP contribution in [-0.4, -0.2) is 100 Å². The number of carbonyl (C=O) groups excluding carboxylic acids is 2. The van der Waals surface area contributed by atoms with Gasteiger partial charge in [0.25, 0.3) is 0 Å². The van der Waals surface area contributed by atoms with Crippen LogP contribution in [0.4, 0.5) is 0 Å². The van der Waals surface area contributed by atoms with Crippen LogP contribution in [0.15, 0.2) is 24.3 Å². The summed E-state index contributed by atoms with van der Waals surface area (Å²) in [7, 11) is 5.96. The summed E-state index contributed by atoms with van der Waals surface area (Å²) >= 11 is 0. The molecule has 0 aromatic carbocycles. The highest BCUT2D eigenvalue weighted by Crippen LogP contribution is 2.42. The van der Waals surface area contributed by atoms with Gasteiger partial charge in [0.1, 0.15) is 12.2 Å². The Kier molecular flexibility index (Phi) is 12.6. The molecule has 0 spiro atoms. The standard InChI is InChI=1S/C32H52O12/c1-21-17-15-16-18-22(2)40-28(34)26-24(42-30(4,36-8)32(6,38-10)44-26)20-14-12-11-13-19-23-25(27(33)39-21)43-31(5,37-9)29(3,35-7)41-23/h11-12,15-16,21-26H,13-14,17-20H2,1-10H3/b12-11+,16-15+/t21-,22-,23+,24+,25-,26-,29-,30-,31-,32-/m1/s1. The molecule has 0 saturated carbocycles.